The molecule has 1 aromatic rings. The molecule has 2 heterocycles. The molecule has 1 aromatic carbocycles. The minimum atomic E-state index is -0.673. The maximum absolute atomic E-state index is 14.1. The number of hydrogen-bond donors (Lipinski definition) is 0. The highest BCUT2D eigenvalue weighted by Crippen LogP contribution is 2.31. The second kappa shape index (κ2) is 4.56. The fourth-order valence-electron chi connectivity index (χ4n) is 2.21. The van der Waals surface area contributed by atoms with E-state index in [1.807, 2.05) is 0 Å². The van der Waals surface area contributed by atoms with Gasteiger partial charge in [-0.1, -0.05) is 11.6 Å². The zero-order chi connectivity index (χ0) is 14.4. The average molecular weight is 298 g/mol. The van der Waals surface area contributed by atoms with E-state index in [-0.39, 0.29) is 16.7 Å². The fraction of sp³-hybridized carbons (Fsp3) is 0.231. The van der Waals surface area contributed by atoms with E-state index in [1.165, 1.54) is 11.0 Å². The van der Waals surface area contributed by atoms with Gasteiger partial charge in [0, 0.05) is 11.6 Å². The number of benzene rings is 1. The van der Waals surface area contributed by atoms with Gasteiger partial charge in [-0.15, -0.1) is 0 Å². The third kappa shape index (κ3) is 1.87. The molecule has 0 saturated heterocycles. The summed E-state index contributed by atoms with van der Waals surface area (Å²) in [5, 5.41) is 0.266. The van der Waals surface area contributed by atoms with E-state index in [9.17, 15) is 13.6 Å². The van der Waals surface area contributed by atoms with Crippen LogP contribution in [0.2, 0.25) is 5.02 Å². The van der Waals surface area contributed by atoms with E-state index in [0.29, 0.717) is 18.7 Å². The molecule has 3 rings (SSSR count). The molecule has 0 fully saturated rings. The third-order valence-corrected chi connectivity index (χ3v) is 3.62. The lowest BCUT2D eigenvalue weighted by Gasteiger charge is -2.31. The number of hydrogen-bond acceptors (Lipinski definition) is 3. The van der Waals surface area contributed by atoms with E-state index < -0.39 is 17.7 Å². The van der Waals surface area contributed by atoms with Crippen molar-refractivity contribution in [3.05, 3.63) is 40.6 Å². The Bertz CT molecular complexity index is 672. The number of guanidine groups is 1. The molecule has 0 bridgehead atoms. The first-order valence-corrected chi connectivity index (χ1v) is 6.36. The highest BCUT2D eigenvalue weighted by molar-refractivity contribution is 6.31. The van der Waals surface area contributed by atoms with Crippen LogP contribution in [0.1, 0.15) is 5.56 Å². The van der Waals surface area contributed by atoms with Crippen LogP contribution in [0.5, 0.6) is 0 Å². The maximum atomic E-state index is 14.1. The number of carbonyl (C=O) groups excluding carboxylic acids is 1. The van der Waals surface area contributed by atoms with Crippen LogP contribution in [0.25, 0.3) is 0 Å². The van der Waals surface area contributed by atoms with Crippen molar-refractivity contribution in [2.24, 2.45) is 4.99 Å². The van der Waals surface area contributed by atoms with Crippen LogP contribution in [0.3, 0.4) is 0 Å². The van der Waals surface area contributed by atoms with Gasteiger partial charge >= 0.3 is 0 Å². The molecule has 0 spiro atoms. The first kappa shape index (κ1) is 13.1. The highest BCUT2D eigenvalue weighted by atomic mass is 35.5. The molecule has 4 nitrogen and oxygen atoms in total. The quantitative estimate of drug-likeness (QED) is 0.747. The minimum absolute atomic E-state index is 0.0197. The number of anilines is 1. The van der Waals surface area contributed by atoms with Crippen LogP contribution in [0.15, 0.2) is 29.2 Å². The van der Waals surface area contributed by atoms with Gasteiger partial charge in [-0.2, -0.15) is 4.39 Å². The number of fused-ring (bicyclic) bond motifs is 1. The third-order valence-electron chi connectivity index (χ3n) is 3.21. The van der Waals surface area contributed by atoms with Crippen LogP contribution in [0.4, 0.5) is 14.5 Å². The molecule has 7 heteroatoms. The van der Waals surface area contributed by atoms with Crippen LogP contribution in [-0.4, -0.2) is 29.9 Å². The summed E-state index contributed by atoms with van der Waals surface area (Å²) in [6.07, 6.45) is 0.827. The van der Waals surface area contributed by atoms with Crippen molar-refractivity contribution < 1.29 is 13.6 Å². The van der Waals surface area contributed by atoms with Gasteiger partial charge in [0.05, 0.1) is 18.3 Å². The Morgan fingerprint density at radius 2 is 2.10 bits per heavy atom. The van der Waals surface area contributed by atoms with Gasteiger partial charge in [-0.05, 0) is 24.6 Å². The molecule has 104 valence electrons. The van der Waals surface area contributed by atoms with Gasteiger partial charge in [-0.3, -0.25) is 14.7 Å². The molecule has 0 saturated carbocycles. The van der Waals surface area contributed by atoms with E-state index in [1.54, 1.807) is 6.92 Å². The van der Waals surface area contributed by atoms with Gasteiger partial charge < -0.3 is 0 Å². The van der Waals surface area contributed by atoms with Crippen molar-refractivity contribution >= 4 is 29.2 Å². The smallest absolute Gasteiger partial charge is 0.262 e. The molecule has 2 aliphatic rings. The molecule has 0 N–H and O–H groups in total. The Morgan fingerprint density at radius 1 is 1.35 bits per heavy atom. The van der Waals surface area contributed by atoms with E-state index in [0.717, 1.165) is 17.0 Å². The standard InChI is InChI=1S/C13H10ClF2N3O/c1-7-4-10(9(15)5-8(7)14)19-12(20)6-11(16)18-3-2-17-13(18)19/h4-6H,2-3H2,1H3. The lowest BCUT2D eigenvalue weighted by molar-refractivity contribution is -0.113. The molecule has 20 heavy (non-hydrogen) atoms. The number of aliphatic imine (C=N–C) groups is 1. The fourth-order valence-corrected chi connectivity index (χ4v) is 2.36. The SMILES string of the molecule is Cc1cc(N2C(=O)C=C(F)N3CCN=C32)c(F)cc1Cl. The number of halogens is 3. The van der Waals surface area contributed by atoms with Gasteiger partial charge in [0.15, 0.2) is 0 Å². The molecule has 0 radical (unpaired) electrons. The predicted octanol–water partition coefficient (Wildman–Crippen LogP) is 2.62. The summed E-state index contributed by atoms with van der Waals surface area (Å²) in [4.78, 5) is 18.4. The summed E-state index contributed by atoms with van der Waals surface area (Å²) in [7, 11) is 0. The van der Waals surface area contributed by atoms with Crippen molar-refractivity contribution in [1.82, 2.24) is 4.90 Å². The monoisotopic (exact) mass is 297 g/mol. The number of nitrogens with zero attached hydrogens (tertiary/aromatic N) is 3. The van der Waals surface area contributed by atoms with Crippen LogP contribution in [-0.2, 0) is 4.79 Å². The zero-order valence-electron chi connectivity index (χ0n) is 10.5. The molecule has 1 amide bonds. The lowest BCUT2D eigenvalue weighted by Crippen LogP contribution is -2.48. The Balaban J connectivity index is 2.14. The Kier molecular flexibility index (Phi) is 2.97. The van der Waals surface area contributed by atoms with Crippen LogP contribution >= 0.6 is 11.6 Å². The topological polar surface area (TPSA) is 35.9 Å². The summed E-state index contributed by atoms with van der Waals surface area (Å²) in [5.41, 5.74) is 0.641. The van der Waals surface area contributed by atoms with Crippen LogP contribution in [0, 0.1) is 12.7 Å². The Hall–Kier alpha value is -1.95. The summed E-state index contributed by atoms with van der Waals surface area (Å²) in [5.74, 6) is -1.89. The second-order valence-corrected chi connectivity index (χ2v) is 4.93. The predicted molar refractivity (Wildman–Crippen MR) is 71.8 cm³/mol. The van der Waals surface area contributed by atoms with Crippen LogP contribution < -0.4 is 4.90 Å². The number of carbonyl (C=O) groups is 1. The van der Waals surface area contributed by atoms with Crippen molar-refractivity contribution in [3.63, 3.8) is 0 Å². The Labute approximate surface area is 118 Å². The minimum Gasteiger partial charge on any atom is -0.286 e. The molecular weight excluding hydrogens is 288 g/mol. The normalized spacial score (nSPS) is 18.1. The first-order chi connectivity index (χ1) is 9.49. The van der Waals surface area contributed by atoms with Crippen molar-refractivity contribution in [2.75, 3.05) is 18.0 Å². The maximum Gasteiger partial charge on any atom is 0.262 e. The van der Waals surface area contributed by atoms with Crippen molar-refractivity contribution in [1.29, 1.82) is 0 Å². The molecule has 2 aliphatic heterocycles. The number of amides is 1. The first-order valence-electron chi connectivity index (χ1n) is 5.98. The highest BCUT2D eigenvalue weighted by Gasteiger charge is 2.36. The second-order valence-electron chi connectivity index (χ2n) is 4.53. The van der Waals surface area contributed by atoms with Gasteiger partial charge in [0.2, 0.25) is 11.9 Å². The average Bonchev–Trinajstić information content (AvgIpc) is 2.84. The van der Waals surface area contributed by atoms with Gasteiger partial charge in [-0.25, -0.2) is 9.29 Å². The van der Waals surface area contributed by atoms with E-state index in [2.05, 4.69) is 4.99 Å². The molecule has 0 unspecified atom stereocenters. The molecule has 0 aromatic heterocycles. The van der Waals surface area contributed by atoms with Crippen molar-refractivity contribution in [3.8, 4) is 0 Å². The van der Waals surface area contributed by atoms with E-state index >= 15 is 0 Å². The van der Waals surface area contributed by atoms with Gasteiger partial charge in [0.25, 0.3) is 5.91 Å². The molecule has 0 aliphatic carbocycles. The summed E-state index contributed by atoms with van der Waals surface area (Å²) < 4.78 is 27.7. The summed E-state index contributed by atoms with van der Waals surface area (Å²) in [6, 6.07) is 2.58. The van der Waals surface area contributed by atoms with E-state index in [4.69, 9.17) is 11.6 Å². The lowest BCUT2D eigenvalue weighted by atomic mass is 10.2. The van der Waals surface area contributed by atoms with Gasteiger partial charge in [0.1, 0.15) is 5.82 Å². The molecule has 0 atom stereocenters. The largest absolute Gasteiger partial charge is 0.286 e. The van der Waals surface area contributed by atoms with Crippen molar-refractivity contribution in [2.45, 2.75) is 6.92 Å². The summed E-state index contributed by atoms with van der Waals surface area (Å²) >= 11 is 5.84. The Morgan fingerprint density at radius 3 is 2.85 bits per heavy atom. The zero-order valence-corrected chi connectivity index (χ0v) is 11.3. The molecular formula is C13H10ClF2N3O. The number of rotatable bonds is 1. The summed E-state index contributed by atoms with van der Waals surface area (Å²) in [6.45, 7) is 2.38. The number of aryl methyl sites for hydroxylation is 1.